The van der Waals surface area contributed by atoms with Crippen LogP contribution in [0.3, 0.4) is 0 Å². The van der Waals surface area contributed by atoms with Crippen LogP contribution in [0.4, 0.5) is 0 Å². The van der Waals surface area contributed by atoms with Crippen LogP contribution in [0.5, 0.6) is 0 Å². The van der Waals surface area contributed by atoms with Gasteiger partial charge in [0, 0.05) is 12.6 Å². The van der Waals surface area contributed by atoms with Crippen LogP contribution in [0.1, 0.15) is 18.4 Å². The Bertz CT molecular complexity index is 446. The Kier molecular flexibility index (Phi) is 8.13. The first kappa shape index (κ1) is 18.1. The summed E-state index contributed by atoms with van der Waals surface area (Å²) in [5, 5.41) is 23.6. The second-order valence-corrected chi connectivity index (χ2v) is 5.09. The van der Waals surface area contributed by atoms with Crippen LogP contribution in [0, 0.1) is 0 Å². The van der Waals surface area contributed by atoms with Crippen molar-refractivity contribution in [2.45, 2.75) is 25.3 Å². The van der Waals surface area contributed by atoms with Gasteiger partial charge in [0.25, 0.3) is 0 Å². The van der Waals surface area contributed by atoms with E-state index < -0.39 is 11.9 Å². The molecule has 1 aromatic rings. The molecule has 7 nitrogen and oxygen atoms in total. The van der Waals surface area contributed by atoms with E-state index in [1.165, 1.54) is 5.56 Å². The summed E-state index contributed by atoms with van der Waals surface area (Å²) in [5.41, 5.74) is 3.78. The van der Waals surface area contributed by atoms with Gasteiger partial charge in [-0.05, 0) is 37.9 Å². The molecule has 122 valence electrons. The van der Waals surface area contributed by atoms with Crippen LogP contribution < -0.4 is 5.48 Å². The van der Waals surface area contributed by atoms with Gasteiger partial charge in [-0.15, -0.1) is 0 Å². The van der Waals surface area contributed by atoms with Gasteiger partial charge in [0.15, 0.2) is 0 Å². The van der Waals surface area contributed by atoms with E-state index in [-0.39, 0.29) is 0 Å². The number of aliphatic carboxylic acids is 2. The number of benzene rings is 1. The third kappa shape index (κ3) is 7.16. The smallest absolute Gasteiger partial charge is 0.414 e. The quantitative estimate of drug-likeness (QED) is 0.481. The first-order chi connectivity index (χ1) is 10.5. The van der Waals surface area contributed by atoms with Gasteiger partial charge < -0.3 is 20.3 Å². The van der Waals surface area contributed by atoms with Crippen LogP contribution in [-0.2, 0) is 16.0 Å². The molecule has 7 heteroatoms. The molecule has 2 rings (SSSR count). The Morgan fingerprint density at radius 1 is 1.09 bits per heavy atom. The number of hydroxylamine groups is 1. The van der Waals surface area contributed by atoms with Gasteiger partial charge in [-0.25, -0.2) is 15.1 Å². The summed E-state index contributed by atoms with van der Waals surface area (Å²) < 4.78 is 0. The number of carboxylic acid groups (broad SMARTS) is 2. The van der Waals surface area contributed by atoms with Crippen LogP contribution >= 0.6 is 0 Å². The molecule has 0 unspecified atom stereocenters. The van der Waals surface area contributed by atoms with Crippen LogP contribution in [0.25, 0.3) is 0 Å². The molecule has 0 bridgehead atoms. The lowest BCUT2D eigenvalue weighted by atomic mass is 10.1. The predicted octanol–water partition coefficient (Wildman–Crippen LogP) is 0.828. The Morgan fingerprint density at radius 2 is 1.64 bits per heavy atom. The van der Waals surface area contributed by atoms with Gasteiger partial charge in [0.1, 0.15) is 0 Å². The highest BCUT2D eigenvalue weighted by molar-refractivity contribution is 6.27. The summed E-state index contributed by atoms with van der Waals surface area (Å²) in [5.74, 6) is -3.65. The van der Waals surface area contributed by atoms with Crippen LogP contribution in [0.2, 0.25) is 0 Å². The van der Waals surface area contributed by atoms with Crippen molar-refractivity contribution in [2.75, 3.05) is 19.6 Å². The SMILES string of the molecule is O=C(O)C(=O)O.ONC1CCN(CCc2ccccc2)CC1. The van der Waals surface area contributed by atoms with Gasteiger partial charge in [0.2, 0.25) is 0 Å². The van der Waals surface area contributed by atoms with E-state index in [2.05, 4.69) is 40.7 Å². The largest absolute Gasteiger partial charge is 0.473 e. The van der Waals surface area contributed by atoms with Crippen molar-refractivity contribution in [1.82, 2.24) is 10.4 Å². The Morgan fingerprint density at radius 3 is 2.09 bits per heavy atom. The molecule has 1 saturated heterocycles. The summed E-state index contributed by atoms with van der Waals surface area (Å²) >= 11 is 0. The number of hydrogen-bond donors (Lipinski definition) is 4. The van der Waals surface area contributed by atoms with Crippen molar-refractivity contribution in [3.63, 3.8) is 0 Å². The number of carbonyl (C=O) groups is 2. The maximum Gasteiger partial charge on any atom is 0.414 e. The molecule has 1 aliphatic heterocycles. The van der Waals surface area contributed by atoms with Crippen molar-refractivity contribution in [2.24, 2.45) is 0 Å². The molecule has 1 fully saturated rings. The maximum atomic E-state index is 9.10. The summed E-state index contributed by atoms with van der Waals surface area (Å²) in [6.07, 6.45) is 3.22. The number of rotatable bonds is 4. The molecule has 22 heavy (non-hydrogen) atoms. The summed E-state index contributed by atoms with van der Waals surface area (Å²) in [6.45, 7) is 3.30. The average Bonchev–Trinajstić information content (AvgIpc) is 2.55. The molecule has 0 saturated carbocycles. The van der Waals surface area contributed by atoms with Gasteiger partial charge in [-0.1, -0.05) is 30.3 Å². The van der Waals surface area contributed by atoms with Crippen molar-refractivity contribution in [1.29, 1.82) is 0 Å². The first-order valence-corrected chi connectivity index (χ1v) is 7.15. The topological polar surface area (TPSA) is 110 Å². The summed E-state index contributed by atoms with van der Waals surface area (Å²) in [4.78, 5) is 20.7. The predicted molar refractivity (Wildman–Crippen MR) is 79.8 cm³/mol. The highest BCUT2D eigenvalue weighted by Gasteiger charge is 2.17. The number of carboxylic acids is 2. The molecule has 0 amide bonds. The van der Waals surface area contributed by atoms with Crippen LogP contribution in [0.15, 0.2) is 30.3 Å². The molecule has 0 spiro atoms. The zero-order chi connectivity index (χ0) is 16.4. The third-order valence-corrected chi connectivity index (χ3v) is 3.51. The van der Waals surface area contributed by atoms with E-state index >= 15 is 0 Å². The lowest BCUT2D eigenvalue weighted by Gasteiger charge is -2.31. The monoisotopic (exact) mass is 310 g/mol. The Hall–Kier alpha value is -1.96. The second-order valence-electron chi connectivity index (χ2n) is 5.09. The molecular weight excluding hydrogens is 288 g/mol. The van der Waals surface area contributed by atoms with Crippen LogP contribution in [-0.4, -0.2) is 57.9 Å². The molecule has 0 radical (unpaired) electrons. The molecule has 1 heterocycles. The fraction of sp³-hybridized carbons (Fsp3) is 0.467. The lowest BCUT2D eigenvalue weighted by molar-refractivity contribution is -0.159. The molecule has 0 aliphatic carbocycles. The van der Waals surface area contributed by atoms with Crippen molar-refractivity contribution in [3.8, 4) is 0 Å². The first-order valence-electron chi connectivity index (χ1n) is 7.15. The van der Waals surface area contributed by atoms with E-state index in [1.807, 2.05) is 0 Å². The third-order valence-electron chi connectivity index (χ3n) is 3.51. The highest BCUT2D eigenvalue weighted by atomic mass is 16.5. The fourth-order valence-corrected chi connectivity index (χ4v) is 2.22. The van der Waals surface area contributed by atoms with Crippen molar-refractivity contribution >= 4 is 11.9 Å². The molecule has 0 aromatic heterocycles. The number of nitrogens with one attached hydrogen (secondary N) is 1. The Labute approximate surface area is 129 Å². The summed E-state index contributed by atoms with van der Waals surface area (Å²) in [6, 6.07) is 10.9. The minimum absolute atomic E-state index is 0.299. The number of hydrogen-bond acceptors (Lipinski definition) is 5. The maximum absolute atomic E-state index is 9.10. The van der Waals surface area contributed by atoms with Gasteiger partial charge in [-0.3, -0.25) is 0 Å². The van der Waals surface area contributed by atoms with E-state index in [9.17, 15) is 0 Å². The van der Waals surface area contributed by atoms with Gasteiger partial charge in [-0.2, -0.15) is 0 Å². The van der Waals surface area contributed by atoms with Gasteiger partial charge >= 0.3 is 11.9 Å². The molecule has 1 aliphatic rings. The lowest BCUT2D eigenvalue weighted by Crippen LogP contribution is -2.42. The second kappa shape index (κ2) is 9.88. The number of nitrogens with zero attached hydrogens (tertiary/aromatic N) is 1. The molecule has 4 N–H and O–H groups in total. The highest BCUT2D eigenvalue weighted by Crippen LogP contribution is 2.10. The molecule has 0 atom stereocenters. The van der Waals surface area contributed by atoms with E-state index in [4.69, 9.17) is 25.0 Å². The van der Waals surface area contributed by atoms with E-state index in [0.717, 1.165) is 38.9 Å². The summed E-state index contributed by atoms with van der Waals surface area (Å²) in [7, 11) is 0. The fourth-order valence-electron chi connectivity index (χ4n) is 2.22. The zero-order valence-electron chi connectivity index (χ0n) is 12.3. The zero-order valence-corrected chi connectivity index (χ0v) is 12.3. The Balaban J connectivity index is 0.000000346. The minimum atomic E-state index is -1.82. The number of piperidine rings is 1. The van der Waals surface area contributed by atoms with Gasteiger partial charge in [0.05, 0.1) is 0 Å². The average molecular weight is 310 g/mol. The van der Waals surface area contributed by atoms with E-state index in [1.54, 1.807) is 0 Å². The van der Waals surface area contributed by atoms with E-state index in [0.29, 0.717) is 6.04 Å². The van der Waals surface area contributed by atoms with Crippen molar-refractivity contribution < 1.29 is 25.0 Å². The normalized spacial score (nSPS) is 15.7. The molecular formula is C15H22N2O5. The standard InChI is InChI=1S/C13H20N2O.C2H2O4/c16-14-13-7-10-15(11-8-13)9-6-12-4-2-1-3-5-12;3-1(4)2(5)6/h1-5,13-14,16H,6-11H2;(H,3,4)(H,5,6). The minimum Gasteiger partial charge on any atom is -0.473 e. The van der Waals surface area contributed by atoms with Crippen molar-refractivity contribution in [3.05, 3.63) is 35.9 Å². The number of likely N-dealkylation sites (tertiary alicyclic amines) is 1. The molecule has 1 aromatic carbocycles.